The minimum atomic E-state index is -5.08. The highest BCUT2D eigenvalue weighted by atomic mass is 19.4. The van der Waals surface area contributed by atoms with Crippen molar-refractivity contribution in [2.24, 2.45) is 13.0 Å². The van der Waals surface area contributed by atoms with Gasteiger partial charge >= 0.3 is 17.8 Å². The summed E-state index contributed by atoms with van der Waals surface area (Å²) in [6.07, 6.45) is -0.799. The smallest absolute Gasteiger partial charge is 0.475 e. The zero-order valence-corrected chi connectivity index (χ0v) is 25.8. The van der Waals surface area contributed by atoms with E-state index in [0.717, 1.165) is 49.4 Å². The molecule has 3 saturated heterocycles. The van der Waals surface area contributed by atoms with Crippen LogP contribution in [0.1, 0.15) is 38.1 Å². The summed E-state index contributed by atoms with van der Waals surface area (Å²) < 4.78 is 34.8. The Bertz CT molecular complexity index is 1640. The number of benzene rings is 2. The largest absolute Gasteiger partial charge is 0.490 e. The number of alkyl halides is 3. The van der Waals surface area contributed by atoms with E-state index in [-0.39, 0.29) is 18.0 Å². The number of imide groups is 1. The number of aryl methyl sites for hydroxylation is 1. The van der Waals surface area contributed by atoms with E-state index in [1.54, 1.807) is 11.6 Å². The summed E-state index contributed by atoms with van der Waals surface area (Å²) in [7, 11) is 4.02. The van der Waals surface area contributed by atoms with Gasteiger partial charge in [0, 0.05) is 44.8 Å². The van der Waals surface area contributed by atoms with Gasteiger partial charge < -0.3 is 20.2 Å². The average Bonchev–Trinajstić information content (AvgIpc) is 3.59. The summed E-state index contributed by atoms with van der Waals surface area (Å²) in [6, 6.07) is 14.7. The predicted octanol–water partition coefficient (Wildman–Crippen LogP) is 3.13. The maximum Gasteiger partial charge on any atom is 0.490 e. The minimum Gasteiger partial charge on any atom is -0.475 e. The Morgan fingerprint density at radius 3 is 2.26 bits per heavy atom. The molecule has 1 aromatic heterocycles. The lowest BCUT2D eigenvalue weighted by Gasteiger charge is -2.33. The number of nitrogens with one attached hydrogen (secondary N) is 2. The second-order valence-electron chi connectivity index (χ2n) is 12.3. The van der Waals surface area contributed by atoms with Crippen LogP contribution in [0.25, 0.3) is 22.2 Å². The molecular formula is C32H39F3N6O5. The van der Waals surface area contributed by atoms with Crippen LogP contribution in [0.3, 0.4) is 0 Å². The molecule has 248 valence electrons. The number of carboxylic acids is 1. The molecule has 14 heteroatoms. The highest BCUT2D eigenvalue weighted by molar-refractivity contribution is 6.00. The normalized spacial score (nSPS) is 21.0. The van der Waals surface area contributed by atoms with Crippen LogP contribution in [0.2, 0.25) is 0 Å². The Balaban J connectivity index is 0.000000537. The van der Waals surface area contributed by atoms with E-state index in [2.05, 4.69) is 51.7 Å². The lowest BCUT2D eigenvalue weighted by atomic mass is 10.0. The highest BCUT2D eigenvalue weighted by Crippen LogP contribution is 2.31. The molecule has 3 N–H and O–H groups in total. The average molecular weight is 645 g/mol. The molecule has 2 amide bonds. The molecule has 0 aliphatic carbocycles. The number of hydrogen-bond donors (Lipinski definition) is 3. The van der Waals surface area contributed by atoms with Crippen molar-refractivity contribution in [1.82, 2.24) is 24.7 Å². The number of carboxylic acid groups (broad SMARTS) is 1. The van der Waals surface area contributed by atoms with Gasteiger partial charge in [0.05, 0.1) is 11.0 Å². The van der Waals surface area contributed by atoms with Crippen molar-refractivity contribution < 1.29 is 32.7 Å². The number of carbonyl (C=O) groups is 3. The van der Waals surface area contributed by atoms with E-state index in [1.165, 1.54) is 29.5 Å². The first-order valence-electron chi connectivity index (χ1n) is 15.4. The molecule has 3 aromatic rings. The molecule has 0 radical (unpaired) electrons. The zero-order valence-electron chi connectivity index (χ0n) is 25.8. The molecule has 0 spiro atoms. The highest BCUT2D eigenvalue weighted by Gasteiger charge is 2.38. The van der Waals surface area contributed by atoms with Crippen molar-refractivity contribution in [2.75, 3.05) is 44.7 Å². The summed E-state index contributed by atoms with van der Waals surface area (Å²) in [6.45, 7) is 5.61. The van der Waals surface area contributed by atoms with E-state index in [4.69, 9.17) is 9.90 Å². The Labute approximate surface area is 263 Å². The fourth-order valence-corrected chi connectivity index (χ4v) is 6.66. The van der Waals surface area contributed by atoms with Crippen LogP contribution in [-0.4, -0.2) is 88.9 Å². The fraction of sp³-hybridized carbons (Fsp3) is 0.500. The number of fused-ring (bicyclic) bond motifs is 1. The van der Waals surface area contributed by atoms with Crippen LogP contribution in [0.5, 0.6) is 0 Å². The van der Waals surface area contributed by atoms with Crippen LogP contribution < -0.4 is 21.2 Å². The summed E-state index contributed by atoms with van der Waals surface area (Å²) in [5.74, 6) is -2.76. The van der Waals surface area contributed by atoms with Crippen molar-refractivity contribution in [3.8, 4) is 11.1 Å². The van der Waals surface area contributed by atoms with Crippen LogP contribution >= 0.6 is 0 Å². The number of carbonyl (C=O) groups excluding carboxylic acids is 2. The van der Waals surface area contributed by atoms with Crippen molar-refractivity contribution in [1.29, 1.82) is 0 Å². The summed E-state index contributed by atoms with van der Waals surface area (Å²) in [4.78, 5) is 51.1. The van der Waals surface area contributed by atoms with E-state index in [0.29, 0.717) is 23.9 Å². The molecule has 3 aliphatic rings. The number of aliphatic carboxylic acids is 1. The maximum absolute atomic E-state index is 13.1. The van der Waals surface area contributed by atoms with E-state index in [9.17, 15) is 27.6 Å². The summed E-state index contributed by atoms with van der Waals surface area (Å²) in [5, 5.41) is 13.0. The Hall–Kier alpha value is -4.17. The number of imidazole rings is 1. The molecule has 3 aliphatic heterocycles. The first-order valence-corrected chi connectivity index (χ1v) is 15.4. The van der Waals surface area contributed by atoms with Crippen molar-refractivity contribution >= 4 is 34.5 Å². The number of halogens is 3. The first-order chi connectivity index (χ1) is 21.8. The van der Waals surface area contributed by atoms with Gasteiger partial charge in [-0.25, -0.2) is 9.59 Å². The molecule has 3 fully saturated rings. The third kappa shape index (κ3) is 7.28. The van der Waals surface area contributed by atoms with Crippen LogP contribution in [0.15, 0.2) is 47.3 Å². The standard InChI is InChI=1S/C30H38N6O3.C2HF3O2/c1-33(23-11-14-31-15-12-23)18-20-13-16-35(19-20)24-6-3-21(4-7-24)22-5-8-25-27(17-22)34(2)30(39)36(25)26-9-10-28(37)32-29(26)38;3-2(4,5)1(6)7/h3-8,17,20,23,26,31H,9-16,18-19H2,1-2H3,(H,32,37,38);(H,6,7)/t20-,26?;/m0./s1. The second-order valence-corrected chi connectivity index (χ2v) is 12.3. The number of aromatic nitrogens is 2. The molecule has 11 nitrogen and oxygen atoms in total. The Morgan fingerprint density at radius 2 is 1.63 bits per heavy atom. The monoisotopic (exact) mass is 644 g/mol. The molecule has 4 heterocycles. The molecule has 1 unspecified atom stereocenters. The molecular weight excluding hydrogens is 605 g/mol. The van der Waals surface area contributed by atoms with Gasteiger partial charge in [0.2, 0.25) is 11.8 Å². The number of piperidine rings is 2. The van der Waals surface area contributed by atoms with Gasteiger partial charge in [0.25, 0.3) is 0 Å². The third-order valence-electron chi connectivity index (χ3n) is 9.18. The second kappa shape index (κ2) is 13.7. The van der Waals surface area contributed by atoms with Gasteiger partial charge in [0.15, 0.2) is 0 Å². The quantitative estimate of drug-likeness (QED) is 0.350. The van der Waals surface area contributed by atoms with Gasteiger partial charge in [-0.1, -0.05) is 18.2 Å². The topological polar surface area (TPSA) is 129 Å². The van der Waals surface area contributed by atoms with Crippen LogP contribution in [-0.2, 0) is 21.4 Å². The lowest BCUT2D eigenvalue weighted by Crippen LogP contribution is -2.44. The van der Waals surface area contributed by atoms with E-state index < -0.39 is 24.1 Å². The van der Waals surface area contributed by atoms with Crippen LogP contribution in [0.4, 0.5) is 18.9 Å². The van der Waals surface area contributed by atoms with E-state index >= 15 is 0 Å². The van der Waals surface area contributed by atoms with Crippen molar-refractivity contribution in [3.05, 3.63) is 52.9 Å². The van der Waals surface area contributed by atoms with Crippen molar-refractivity contribution in [2.45, 2.75) is 50.4 Å². The van der Waals surface area contributed by atoms with Gasteiger partial charge in [-0.05, 0) is 87.1 Å². The molecule has 46 heavy (non-hydrogen) atoms. The van der Waals surface area contributed by atoms with Gasteiger partial charge in [-0.2, -0.15) is 13.2 Å². The van der Waals surface area contributed by atoms with E-state index in [1.807, 2.05) is 18.2 Å². The zero-order chi connectivity index (χ0) is 33.2. The van der Waals surface area contributed by atoms with Gasteiger partial charge in [-0.15, -0.1) is 0 Å². The van der Waals surface area contributed by atoms with Gasteiger partial charge in [-0.3, -0.25) is 24.0 Å². The number of amides is 2. The number of hydrogen-bond acceptors (Lipinski definition) is 7. The molecule has 6 rings (SSSR count). The number of anilines is 1. The molecule has 0 bridgehead atoms. The maximum atomic E-state index is 13.1. The Kier molecular flexibility index (Phi) is 9.87. The Morgan fingerprint density at radius 1 is 0.978 bits per heavy atom. The lowest BCUT2D eigenvalue weighted by molar-refractivity contribution is -0.192. The minimum absolute atomic E-state index is 0.233. The summed E-state index contributed by atoms with van der Waals surface area (Å²) in [5.41, 5.74) is 4.59. The summed E-state index contributed by atoms with van der Waals surface area (Å²) >= 11 is 0. The number of nitrogens with zero attached hydrogens (tertiary/aromatic N) is 4. The number of rotatable bonds is 6. The fourth-order valence-electron chi connectivity index (χ4n) is 6.66. The van der Waals surface area contributed by atoms with Crippen molar-refractivity contribution in [3.63, 3.8) is 0 Å². The third-order valence-corrected chi connectivity index (χ3v) is 9.18. The molecule has 2 atom stereocenters. The van der Waals surface area contributed by atoms with Crippen LogP contribution in [0, 0.1) is 5.92 Å². The predicted molar refractivity (Wildman–Crippen MR) is 167 cm³/mol. The molecule has 2 aromatic carbocycles. The first kappa shape index (κ1) is 33.2. The SMILES string of the molecule is CN(C[C@@H]1CCN(c2ccc(-c3ccc4c(c3)n(C)c(=O)n4C3CCC(=O)NC3=O)cc2)C1)C1CCNCC1.O=C(O)C(F)(F)F. The molecule has 0 saturated carbocycles. The van der Waals surface area contributed by atoms with Gasteiger partial charge in [0.1, 0.15) is 6.04 Å².